The Morgan fingerprint density at radius 1 is 1.10 bits per heavy atom. The minimum absolute atomic E-state index is 0.0542. The van der Waals surface area contributed by atoms with Gasteiger partial charge in [-0.05, 0) is 24.6 Å². The number of nitro benzene ring substituents is 1. The second kappa shape index (κ2) is 8.51. The van der Waals surface area contributed by atoms with E-state index in [1.807, 2.05) is 37.4 Å². The molecule has 0 bridgehead atoms. The van der Waals surface area contributed by atoms with Crippen LogP contribution in [-0.2, 0) is 4.79 Å². The summed E-state index contributed by atoms with van der Waals surface area (Å²) in [6, 6.07) is 13.6. The van der Waals surface area contributed by atoms with E-state index < -0.39 is 34.9 Å². The lowest BCUT2D eigenvalue weighted by Gasteiger charge is -2.19. The first-order chi connectivity index (χ1) is 13.9. The summed E-state index contributed by atoms with van der Waals surface area (Å²) in [6.07, 6.45) is 0.671. The van der Waals surface area contributed by atoms with Crippen LogP contribution in [0.15, 0.2) is 48.5 Å². The number of carbonyl (C=O) groups excluding carboxylic acids is 3. The fraction of sp³-hybridized carbons (Fsp3) is 0.250. The molecule has 9 nitrogen and oxygen atoms in total. The van der Waals surface area contributed by atoms with Gasteiger partial charge in [0.1, 0.15) is 12.1 Å². The average Bonchev–Trinajstić information content (AvgIpc) is 2.96. The van der Waals surface area contributed by atoms with Crippen molar-refractivity contribution < 1.29 is 19.3 Å². The molecule has 3 rings (SSSR count). The fourth-order valence-electron chi connectivity index (χ4n) is 3.17. The minimum Gasteiger partial charge on any atom is -0.375 e. The Hall–Kier alpha value is -3.75. The zero-order valence-corrected chi connectivity index (χ0v) is 15.8. The highest BCUT2D eigenvalue weighted by molar-refractivity contribution is 6.24. The number of fused-ring (bicyclic) bond motifs is 1. The topological polar surface area (TPSA) is 113 Å². The van der Waals surface area contributed by atoms with Crippen LogP contribution >= 0.6 is 0 Å². The SMILES string of the molecule is CN(CCCNC(=O)CN1C(=O)c2cccc([N+](=O)[O-])c2C1=O)c1ccccc1. The quantitative estimate of drug-likeness (QED) is 0.315. The third kappa shape index (κ3) is 4.23. The zero-order valence-electron chi connectivity index (χ0n) is 15.8. The van der Waals surface area contributed by atoms with Gasteiger partial charge >= 0.3 is 0 Å². The standard InChI is InChI=1S/C20H20N4O5/c1-22(14-7-3-2-4-8-14)12-6-11-21-17(25)13-23-19(26)15-9-5-10-16(24(28)29)18(15)20(23)27/h2-5,7-10H,6,11-13H2,1H3,(H,21,25). The summed E-state index contributed by atoms with van der Waals surface area (Å²) in [5, 5.41) is 13.8. The number of hydrogen-bond donors (Lipinski definition) is 1. The van der Waals surface area contributed by atoms with E-state index in [1.54, 1.807) is 0 Å². The highest BCUT2D eigenvalue weighted by atomic mass is 16.6. The van der Waals surface area contributed by atoms with Crippen molar-refractivity contribution in [1.82, 2.24) is 10.2 Å². The molecule has 1 aliphatic rings. The molecular weight excluding hydrogens is 376 g/mol. The van der Waals surface area contributed by atoms with Gasteiger partial charge in [-0.1, -0.05) is 24.3 Å². The molecule has 150 valence electrons. The molecule has 0 spiro atoms. The Balaban J connectivity index is 1.52. The van der Waals surface area contributed by atoms with Gasteiger partial charge in [-0.3, -0.25) is 29.4 Å². The first-order valence-electron chi connectivity index (χ1n) is 9.06. The van der Waals surface area contributed by atoms with Crippen LogP contribution in [-0.4, -0.2) is 54.2 Å². The number of carbonyl (C=O) groups is 3. The summed E-state index contributed by atoms with van der Waals surface area (Å²) in [5.41, 5.74) is 0.306. The van der Waals surface area contributed by atoms with Gasteiger partial charge in [-0.2, -0.15) is 0 Å². The molecule has 0 saturated carbocycles. The zero-order chi connectivity index (χ0) is 21.0. The van der Waals surface area contributed by atoms with E-state index in [4.69, 9.17) is 0 Å². The van der Waals surface area contributed by atoms with Gasteiger partial charge in [-0.25, -0.2) is 0 Å². The maximum atomic E-state index is 12.5. The van der Waals surface area contributed by atoms with Crippen molar-refractivity contribution in [2.75, 3.05) is 31.6 Å². The second-order valence-electron chi connectivity index (χ2n) is 6.61. The number of benzene rings is 2. The number of nitro groups is 1. The summed E-state index contributed by atoms with van der Waals surface area (Å²) in [6.45, 7) is 0.612. The van der Waals surface area contributed by atoms with Gasteiger partial charge in [-0.15, -0.1) is 0 Å². The van der Waals surface area contributed by atoms with Gasteiger partial charge in [0.15, 0.2) is 0 Å². The van der Waals surface area contributed by atoms with Crippen molar-refractivity contribution in [2.45, 2.75) is 6.42 Å². The first-order valence-corrected chi connectivity index (χ1v) is 9.06. The Kier molecular flexibility index (Phi) is 5.87. The summed E-state index contributed by atoms with van der Waals surface area (Å²) in [5.74, 6) is -2.02. The molecule has 29 heavy (non-hydrogen) atoms. The van der Waals surface area contributed by atoms with Crippen LogP contribution in [0.25, 0.3) is 0 Å². The first kappa shape index (κ1) is 20.0. The van der Waals surface area contributed by atoms with E-state index in [2.05, 4.69) is 10.2 Å². The van der Waals surface area contributed by atoms with Gasteiger partial charge < -0.3 is 10.2 Å². The molecule has 0 aromatic heterocycles. The van der Waals surface area contributed by atoms with Crippen molar-refractivity contribution in [3.63, 3.8) is 0 Å². The predicted octanol–water partition coefficient (Wildman–Crippen LogP) is 1.83. The van der Waals surface area contributed by atoms with E-state index in [0.29, 0.717) is 19.5 Å². The molecule has 0 radical (unpaired) electrons. The molecule has 1 heterocycles. The third-order valence-corrected chi connectivity index (χ3v) is 4.66. The van der Waals surface area contributed by atoms with E-state index >= 15 is 0 Å². The van der Waals surface area contributed by atoms with Crippen molar-refractivity contribution in [3.05, 3.63) is 69.8 Å². The molecule has 1 N–H and O–H groups in total. The third-order valence-electron chi connectivity index (χ3n) is 4.66. The molecule has 2 aromatic rings. The van der Waals surface area contributed by atoms with Crippen LogP contribution in [0.5, 0.6) is 0 Å². The summed E-state index contributed by atoms with van der Waals surface area (Å²) in [7, 11) is 1.95. The maximum Gasteiger partial charge on any atom is 0.282 e. The Morgan fingerprint density at radius 3 is 2.52 bits per heavy atom. The van der Waals surface area contributed by atoms with Crippen LogP contribution in [0.3, 0.4) is 0 Å². The van der Waals surface area contributed by atoms with Crippen LogP contribution in [0.4, 0.5) is 11.4 Å². The molecule has 0 aliphatic carbocycles. The molecule has 1 aliphatic heterocycles. The lowest BCUT2D eigenvalue weighted by atomic mass is 10.1. The van der Waals surface area contributed by atoms with Gasteiger partial charge in [0.05, 0.1) is 10.5 Å². The van der Waals surface area contributed by atoms with Crippen LogP contribution in [0.2, 0.25) is 0 Å². The van der Waals surface area contributed by atoms with Crippen molar-refractivity contribution in [3.8, 4) is 0 Å². The van der Waals surface area contributed by atoms with Gasteiger partial charge in [0.25, 0.3) is 17.5 Å². The highest BCUT2D eigenvalue weighted by Gasteiger charge is 2.41. The Morgan fingerprint density at radius 2 is 1.83 bits per heavy atom. The Labute approximate surface area is 167 Å². The molecule has 0 atom stereocenters. The molecule has 3 amide bonds. The molecule has 2 aromatic carbocycles. The number of anilines is 1. The molecule has 0 saturated heterocycles. The summed E-state index contributed by atoms with van der Waals surface area (Å²) >= 11 is 0. The number of nitrogens with one attached hydrogen (secondary N) is 1. The van der Waals surface area contributed by atoms with Crippen LogP contribution in [0, 0.1) is 10.1 Å². The Bertz CT molecular complexity index is 961. The predicted molar refractivity (Wildman–Crippen MR) is 106 cm³/mol. The lowest BCUT2D eigenvalue weighted by molar-refractivity contribution is -0.385. The summed E-state index contributed by atoms with van der Waals surface area (Å²) < 4.78 is 0. The van der Waals surface area contributed by atoms with E-state index in [1.165, 1.54) is 12.1 Å². The van der Waals surface area contributed by atoms with E-state index in [9.17, 15) is 24.5 Å². The average molecular weight is 396 g/mol. The number of para-hydroxylation sites is 1. The van der Waals surface area contributed by atoms with Crippen molar-refractivity contribution in [1.29, 1.82) is 0 Å². The smallest absolute Gasteiger partial charge is 0.282 e. The van der Waals surface area contributed by atoms with Crippen molar-refractivity contribution >= 4 is 29.1 Å². The largest absolute Gasteiger partial charge is 0.375 e. The van der Waals surface area contributed by atoms with E-state index in [0.717, 1.165) is 16.7 Å². The fourth-order valence-corrected chi connectivity index (χ4v) is 3.17. The number of hydrogen-bond acceptors (Lipinski definition) is 6. The van der Waals surface area contributed by atoms with Gasteiger partial charge in [0.2, 0.25) is 5.91 Å². The second-order valence-corrected chi connectivity index (χ2v) is 6.61. The maximum absolute atomic E-state index is 12.5. The van der Waals surface area contributed by atoms with Crippen LogP contribution < -0.4 is 10.2 Å². The monoisotopic (exact) mass is 396 g/mol. The highest BCUT2D eigenvalue weighted by Crippen LogP contribution is 2.30. The molecule has 9 heteroatoms. The van der Waals surface area contributed by atoms with E-state index in [-0.39, 0.29) is 11.1 Å². The number of imide groups is 1. The molecule has 0 unspecified atom stereocenters. The van der Waals surface area contributed by atoms with Crippen LogP contribution in [0.1, 0.15) is 27.1 Å². The minimum atomic E-state index is -0.823. The summed E-state index contributed by atoms with van der Waals surface area (Å²) in [4.78, 5) is 50.2. The number of nitrogens with zero attached hydrogens (tertiary/aromatic N) is 3. The van der Waals surface area contributed by atoms with Crippen molar-refractivity contribution in [2.24, 2.45) is 0 Å². The normalized spacial score (nSPS) is 12.7. The molecular formula is C20H20N4O5. The van der Waals surface area contributed by atoms with Gasteiger partial charge in [0, 0.05) is 31.9 Å². The number of rotatable bonds is 8. The lowest BCUT2D eigenvalue weighted by Crippen LogP contribution is -2.41. The molecule has 0 fully saturated rings. The number of amides is 3.